The van der Waals surface area contributed by atoms with Crippen LogP contribution in [0, 0.1) is 6.92 Å². The maximum atomic E-state index is 12.5. The predicted octanol–water partition coefficient (Wildman–Crippen LogP) is 4.38. The van der Waals surface area contributed by atoms with Gasteiger partial charge in [-0.15, -0.1) is 0 Å². The summed E-state index contributed by atoms with van der Waals surface area (Å²) in [5, 5.41) is 3.99. The number of hydrogen-bond donors (Lipinski definition) is 1. The van der Waals surface area contributed by atoms with E-state index < -0.39 is 16.1 Å². The first kappa shape index (κ1) is 20.2. The molecule has 1 aromatic heterocycles. The molecule has 1 unspecified atom stereocenters. The summed E-state index contributed by atoms with van der Waals surface area (Å²) in [6.45, 7) is 10.0. The third kappa shape index (κ3) is 4.48. The smallest absolute Gasteiger partial charge is 0.244 e. The van der Waals surface area contributed by atoms with E-state index in [2.05, 4.69) is 35.6 Å². The minimum atomic E-state index is -3.68. The number of hydrogen-bond acceptors (Lipinski definition) is 5. The zero-order chi connectivity index (χ0) is 20.5. The molecule has 148 valence electrons. The van der Waals surface area contributed by atoms with Crippen LogP contribution in [0.4, 0.5) is 0 Å². The Bertz CT molecular complexity index is 1050. The summed E-state index contributed by atoms with van der Waals surface area (Å²) in [5.41, 5.74) is 3.07. The van der Waals surface area contributed by atoms with Gasteiger partial charge >= 0.3 is 0 Å². The van der Waals surface area contributed by atoms with Gasteiger partial charge in [-0.2, -0.15) is 9.71 Å². The zero-order valence-corrected chi connectivity index (χ0v) is 17.5. The molecule has 0 saturated carbocycles. The van der Waals surface area contributed by atoms with Crippen molar-refractivity contribution in [2.24, 2.45) is 0 Å². The number of nitrogens with zero attached hydrogens (tertiary/aromatic N) is 2. The van der Waals surface area contributed by atoms with E-state index in [4.69, 9.17) is 4.52 Å². The molecule has 1 N–H and O–H groups in total. The summed E-state index contributed by atoms with van der Waals surface area (Å²) in [7, 11) is -3.68. The van der Waals surface area contributed by atoms with Crippen LogP contribution in [-0.4, -0.2) is 18.6 Å². The molecule has 2 aromatic carbocycles. The molecule has 3 aromatic rings. The lowest BCUT2D eigenvalue weighted by Gasteiger charge is -2.18. The Morgan fingerprint density at radius 2 is 1.61 bits per heavy atom. The van der Waals surface area contributed by atoms with Crippen LogP contribution in [0.1, 0.15) is 50.8 Å². The molecule has 6 nitrogen and oxygen atoms in total. The highest BCUT2D eigenvalue weighted by Crippen LogP contribution is 2.26. The summed E-state index contributed by atoms with van der Waals surface area (Å²) in [4.78, 5) is 4.56. The van der Waals surface area contributed by atoms with Gasteiger partial charge in [0.25, 0.3) is 0 Å². The molecule has 0 saturated heterocycles. The van der Waals surface area contributed by atoms with Crippen LogP contribution in [0.2, 0.25) is 0 Å². The zero-order valence-electron chi connectivity index (χ0n) is 16.7. The van der Waals surface area contributed by atoms with Crippen molar-refractivity contribution in [2.45, 2.75) is 51.0 Å². The number of benzene rings is 2. The second-order valence-electron chi connectivity index (χ2n) is 7.94. The molecule has 28 heavy (non-hydrogen) atoms. The van der Waals surface area contributed by atoms with Crippen LogP contribution in [0.3, 0.4) is 0 Å². The Kier molecular flexibility index (Phi) is 5.41. The average molecular weight is 400 g/mol. The van der Waals surface area contributed by atoms with E-state index in [1.807, 2.05) is 31.2 Å². The lowest BCUT2D eigenvalue weighted by Crippen LogP contribution is -2.27. The number of nitrogens with one attached hydrogen (secondary N) is 1. The van der Waals surface area contributed by atoms with E-state index >= 15 is 0 Å². The first-order valence-electron chi connectivity index (χ1n) is 9.10. The van der Waals surface area contributed by atoms with Gasteiger partial charge in [0, 0.05) is 5.56 Å². The van der Waals surface area contributed by atoms with Gasteiger partial charge in [0.2, 0.25) is 21.7 Å². The predicted molar refractivity (Wildman–Crippen MR) is 108 cm³/mol. The summed E-state index contributed by atoms with van der Waals surface area (Å²) < 4.78 is 32.9. The third-order valence-corrected chi connectivity index (χ3v) is 6.04. The highest BCUT2D eigenvalue weighted by molar-refractivity contribution is 7.89. The van der Waals surface area contributed by atoms with Gasteiger partial charge in [-0.25, -0.2) is 8.42 Å². The fraction of sp³-hybridized carbons (Fsp3) is 0.333. The molecule has 3 rings (SSSR count). The minimum absolute atomic E-state index is 0.0592. The third-order valence-electron chi connectivity index (χ3n) is 4.48. The number of aromatic nitrogens is 2. The average Bonchev–Trinajstić information content (AvgIpc) is 3.11. The highest BCUT2D eigenvalue weighted by Gasteiger charge is 2.23. The van der Waals surface area contributed by atoms with Crippen molar-refractivity contribution in [2.75, 3.05) is 0 Å². The van der Waals surface area contributed by atoms with Crippen molar-refractivity contribution in [3.63, 3.8) is 0 Å². The van der Waals surface area contributed by atoms with Crippen molar-refractivity contribution >= 4 is 10.0 Å². The summed E-state index contributed by atoms with van der Waals surface area (Å²) in [6.07, 6.45) is 0. The van der Waals surface area contributed by atoms with E-state index in [0.29, 0.717) is 5.82 Å². The van der Waals surface area contributed by atoms with Gasteiger partial charge < -0.3 is 4.52 Å². The molecule has 0 aliphatic carbocycles. The number of rotatable bonds is 5. The Morgan fingerprint density at radius 3 is 2.18 bits per heavy atom. The van der Waals surface area contributed by atoms with E-state index in [0.717, 1.165) is 11.1 Å². The van der Waals surface area contributed by atoms with Crippen LogP contribution < -0.4 is 4.72 Å². The Labute approximate surface area is 166 Å². The first-order chi connectivity index (χ1) is 13.1. The SMILES string of the molecule is Cc1ccc(S(=O)(=O)NC(C)c2nc(-c3ccc(C(C)(C)C)cc3)no2)cc1. The maximum Gasteiger partial charge on any atom is 0.244 e. The normalized spacial score (nSPS) is 13.5. The topological polar surface area (TPSA) is 85.1 Å². The van der Waals surface area contributed by atoms with E-state index in [9.17, 15) is 8.42 Å². The quantitative estimate of drug-likeness (QED) is 0.688. The Balaban J connectivity index is 1.77. The molecule has 0 spiro atoms. The van der Waals surface area contributed by atoms with Gasteiger partial charge in [-0.3, -0.25) is 0 Å². The molecule has 1 atom stereocenters. The lowest BCUT2D eigenvalue weighted by molar-refractivity contribution is 0.354. The Hall–Kier alpha value is -2.51. The van der Waals surface area contributed by atoms with Crippen LogP contribution in [0.5, 0.6) is 0 Å². The molecule has 7 heteroatoms. The second kappa shape index (κ2) is 7.48. The van der Waals surface area contributed by atoms with Crippen molar-refractivity contribution in [1.29, 1.82) is 0 Å². The van der Waals surface area contributed by atoms with E-state index in [1.165, 1.54) is 5.56 Å². The van der Waals surface area contributed by atoms with E-state index in [1.54, 1.807) is 31.2 Å². The molecule has 0 amide bonds. The summed E-state index contributed by atoms with van der Waals surface area (Å²) in [5.74, 6) is 0.641. The largest absolute Gasteiger partial charge is 0.337 e. The molecule has 1 heterocycles. The standard InChI is InChI=1S/C21H25N3O3S/c1-14-6-12-18(13-7-14)28(25,26)24-15(2)20-22-19(23-27-20)16-8-10-17(11-9-16)21(3,4)5/h6-13,15,24H,1-5H3. The van der Waals surface area contributed by atoms with Gasteiger partial charge in [0.15, 0.2) is 0 Å². The second-order valence-corrected chi connectivity index (χ2v) is 9.65. The Morgan fingerprint density at radius 1 is 1.00 bits per heavy atom. The number of sulfonamides is 1. The van der Waals surface area contributed by atoms with Gasteiger partial charge in [-0.05, 0) is 37.0 Å². The van der Waals surface area contributed by atoms with Crippen LogP contribution in [-0.2, 0) is 15.4 Å². The van der Waals surface area contributed by atoms with Crippen molar-refractivity contribution in [1.82, 2.24) is 14.9 Å². The minimum Gasteiger partial charge on any atom is -0.337 e. The van der Waals surface area contributed by atoms with Gasteiger partial charge in [0.1, 0.15) is 0 Å². The van der Waals surface area contributed by atoms with Crippen molar-refractivity contribution < 1.29 is 12.9 Å². The maximum absolute atomic E-state index is 12.5. The van der Waals surface area contributed by atoms with Crippen LogP contribution in [0.25, 0.3) is 11.4 Å². The lowest BCUT2D eigenvalue weighted by atomic mass is 9.87. The fourth-order valence-corrected chi connectivity index (χ4v) is 3.91. The molecule has 0 bridgehead atoms. The first-order valence-corrected chi connectivity index (χ1v) is 10.6. The van der Waals surface area contributed by atoms with Gasteiger partial charge in [0.05, 0.1) is 10.9 Å². The number of aryl methyl sites for hydroxylation is 1. The molecule has 0 radical (unpaired) electrons. The van der Waals surface area contributed by atoms with Crippen LogP contribution in [0.15, 0.2) is 57.9 Å². The highest BCUT2D eigenvalue weighted by atomic mass is 32.2. The summed E-state index contributed by atoms with van der Waals surface area (Å²) >= 11 is 0. The monoisotopic (exact) mass is 399 g/mol. The molecular weight excluding hydrogens is 374 g/mol. The van der Waals surface area contributed by atoms with Crippen molar-refractivity contribution in [3.8, 4) is 11.4 Å². The van der Waals surface area contributed by atoms with Crippen molar-refractivity contribution in [3.05, 3.63) is 65.5 Å². The van der Waals surface area contributed by atoms with Crippen LogP contribution >= 0.6 is 0 Å². The van der Waals surface area contributed by atoms with Gasteiger partial charge in [-0.1, -0.05) is 67.9 Å². The molecule has 0 aliphatic heterocycles. The molecule has 0 aliphatic rings. The summed E-state index contributed by atoms with van der Waals surface area (Å²) in [6, 6.07) is 14.0. The fourth-order valence-electron chi connectivity index (χ4n) is 2.72. The molecular formula is C21H25N3O3S. The molecule has 0 fully saturated rings. The van der Waals surface area contributed by atoms with E-state index in [-0.39, 0.29) is 16.2 Å².